The van der Waals surface area contributed by atoms with Gasteiger partial charge in [-0.1, -0.05) is 0 Å². The quantitative estimate of drug-likeness (QED) is 0.696. The van der Waals surface area contributed by atoms with Crippen LogP contribution in [0.4, 0.5) is 0 Å². The summed E-state index contributed by atoms with van der Waals surface area (Å²) in [5, 5.41) is 9.24. The SMILES string of the molecule is Oc1nc[nH]c2ncc(Br)c1-2. The molecule has 4 nitrogen and oxygen atoms in total. The third-order valence-electron chi connectivity index (χ3n) is 1.39. The van der Waals surface area contributed by atoms with Gasteiger partial charge in [-0.2, -0.15) is 0 Å². The normalized spacial score (nSPS) is 10.6. The Kier molecular flexibility index (Phi) is 1.32. The molecule has 0 saturated heterocycles. The lowest BCUT2D eigenvalue weighted by Crippen LogP contribution is -1.86. The second-order valence-electron chi connectivity index (χ2n) is 2.06. The van der Waals surface area contributed by atoms with Gasteiger partial charge in [0.2, 0.25) is 5.88 Å². The number of H-pyrrole nitrogens is 1. The molecule has 0 bridgehead atoms. The molecule has 0 aromatic rings. The highest BCUT2D eigenvalue weighted by Gasteiger charge is 2.14. The van der Waals surface area contributed by atoms with Gasteiger partial charge in [0, 0.05) is 6.20 Å². The van der Waals surface area contributed by atoms with Crippen LogP contribution in [0.3, 0.4) is 0 Å². The summed E-state index contributed by atoms with van der Waals surface area (Å²) in [4.78, 5) is 10.4. The summed E-state index contributed by atoms with van der Waals surface area (Å²) in [6.45, 7) is 0. The molecule has 2 heterocycles. The highest BCUT2D eigenvalue weighted by molar-refractivity contribution is 9.10. The number of nitrogens with one attached hydrogen (secondary N) is 1. The number of hydrogen-bond acceptors (Lipinski definition) is 3. The Morgan fingerprint density at radius 1 is 1.45 bits per heavy atom. The maximum Gasteiger partial charge on any atom is 0.224 e. The van der Waals surface area contributed by atoms with Gasteiger partial charge in [0.25, 0.3) is 0 Å². The van der Waals surface area contributed by atoms with Crippen molar-refractivity contribution >= 4 is 15.9 Å². The van der Waals surface area contributed by atoms with E-state index in [2.05, 4.69) is 30.9 Å². The smallest absolute Gasteiger partial charge is 0.224 e. The van der Waals surface area contributed by atoms with Crippen molar-refractivity contribution in [3.8, 4) is 17.3 Å². The zero-order valence-corrected chi connectivity index (χ0v) is 6.96. The second-order valence-corrected chi connectivity index (χ2v) is 2.91. The molecule has 2 aliphatic heterocycles. The van der Waals surface area contributed by atoms with E-state index in [1.807, 2.05) is 0 Å². The van der Waals surface area contributed by atoms with Gasteiger partial charge in [-0.3, -0.25) is 0 Å². The number of rotatable bonds is 0. The van der Waals surface area contributed by atoms with Crippen LogP contribution in [-0.4, -0.2) is 20.1 Å². The lowest BCUT2D eigenvalue weighted by molar-refractivity contribution is 0.453. The third kappa shape index (κ3) is 0.883. The van der Waals surface area contributed by atoms with Crippen molar-refractivity contribution in [2.45, 2.75) is 0 Å². The number of fused-ring (bicyclic) bond motifs is 1. The molecule has 2 rings (SSSR count). The van der Waals surface area contributed by atoms with E-state index in [1.165, 1.54) is 6.33 Å². The Hall–Kier alpha value is -1.10. The Balaban J connectivity index is 2.82. The molecule has 0 atom stereocenters. The minimum atomic E-state index is -0.0110. The lowest BCUT2D eigenvalue weighted by Gasteiger charge is -1.98. The largest absolute Gasteiger partial charge is 0.493 e. The average Bonchev–Trinajstić information content (AvgIpc) is 2.34. The van der Waals surface area contributed by atoms with E-state index in [4.69, 9.17) is 0 Å². The van der Waals surface area contributed by atoms with Crippen LogP contribution in [0.5, 0.6) is 5.88 Å². The maximum absolute atomic E-state index is 9.24. The Bertz CT molecular complexity index is 359. The van der Waals surface area contributed by atoms with E-state index in [0.29, 0.717) is 11.4 Å². The zero-order valence-electron chi connectivity index (χ0n) is 5.37. The fourth-order valence-electron chi connectivity index (χ4n) is 0.905. The summed E-state index contributed by atoms with van der Waals surface area (Å²) < 4.78 is 0.745. The van der Waals surface area contributed by atoms with Gasteiger partial charge < -0.3 is 10.1 Å². The summed E-state index contributed by atoms with van der Waals surface area (Å²) in [5.41, 5.74) is 0.618. The summed E-state index contributed by atoms with van der Waals surface area (Å²) in [6.07, 6.45) is 3.01. The molecule has 0 unspecified atom stereocenters. The van der Waals surface area contributed by atoms with Gasteiger partial charge in [-0.05, 0) is 15.9 Å². The van der Waals surface area contributed by atoms with E-state index < -0.39 is 0 Å². The fourth-order valence-corrected chi connectivity index (χ4v) is 1.37. The van der Waals surface area contributed by atoms with Crippen LogP contribution < -0.4 is 0 Å². The predicted octanol–water partition coefficient (Wildman–Crippen LogP) is 1.38. The monoisotopic (exact) mass is 213 g/mol. The van der Waals surface area contributed by atoms with Gasteiger partial charge in [0.1, 0.15) is 5.82 Å². The Labute approximate surface area is 70.8 Å². The molecule has 2 aliphatic rings. The van der Waals surface area contributed by atoms with Crippen molar-refractivity contribution in [1.29, 1.82) is 0 Å². The lowest BCUT2D eigenvalue weighted by atomic mass is 10.3. The van der Waals surface area contributed by atoms with Gasteiger partial charge in [0.15, 0.2) is 0 Å². The number of aromatic hydroxyl groups is 1. The Morgan fingerprint density at radius 3 is 3.00 bits per heavy atom. The summed E-state index contributed by atoms with van der Waals surface area (Å²) >= 11 is 3.24. The molecule has 0 saturated carbocycles. The first-order chi connectivity index (χ1) is 5.29. The van der Waals surface area contributed by atoms with Crippen molar-refractivity contribution in [2.24, 2.45) is 0 Å². The van der Waals surface area contributed by atoms with E-state index in [0.717, 1.165) is 4.47 Å². The topological polar surface area (TPSA) is 61.8 Å². The number of aromatic nitrogens is 3. The first kappa shape index (κ1) is 6.60. The summed E-state index contributed by atoms with van der Waals surface area (Å²) in [7, 11) is 0. The van der Waals surface area contributed by atoms with Crippen LogP contribution in [-0.2, 0) is 0 Å². The molecule has 0 radical (unpaired) electrons. The van der Waals surface area contributed by atoms with Gasteiger partial charge in [-0.25, -0.2) is 9.97 Å². The van der Waals surface area contributed by atoms with E-state index in [1.54, 1.807) is 6.20 Å². The van der Waals surface area contributed by atoms with Gasteiger partial charge >= 0.3 is 0 Å². The molecular formula is C6H4BrN3O. The van der Waals surface area contributed by atoms with Crippen LogP contribution in [0, 0.1) is 0 Å². The van der Waals surface area contributed by atoms with Crippen molar-refractivity contribution in [3.05, 3.63) is 17.0 Å². The van der Waals surface area contributed by atoms with Crippen molar-refractivity contribution in [3.63, 3.8) is 0 Å². The highest BCUT2D eigenvalue weighted by atomic mass is 79.9. The standard InChI is InChI=1S/C6H4BrN3O/c7-3-1-8-5-4(3)6(11)10-2-9-5/h1-2H,(H2,8,9,10,11). The van der Waals surface area contributed by atoms with E-state index in [-0.39, 0.29) is 5.88 Å². The molecule has 0 amide bonds. The molecule has 0 aliphatic carbocycles. The van der Waals surface area contributed by atoms with Crippen LogP contribution in [0.15, 0.2) is 17.0 Å². The van der Waals surface area contributed by atoms with Crippen LogP contribution in [0.1, 0.15) is 0 Å². The molecule has 0 spiro atoms. The van der Waals surface area contributed by atoms with Gasteiger partial charge in [-0.15, -0.1) is 0 Å². The molecule has 0 aromatic heterocycles. The predicted molar refractivity (Wildman–Crippen MR) is 42.4 cm³/mol. The van der Waals surface area contributed by atoms with E-state index >= 15 is 0 Å². The maximum atomic E-state index is 9.24. The highest BCUT2D eigenvalue weighted by Crippen LogP contribution is 2.33. The third-order valence-corrected chi connectivity index (χ3v) is 2.00. The van der Waals surface area contributed by atoms with Crippen LogP contribution in [0.2, 0.25) is 0 Å². The molecule has 56 valence electrons. The van der Waals surface area contributed by atoms with Crippen LogP contribution >= 0.6 is 15.9 Å². The number of halogens is 1. The molecule has 5 heteroatoms. The van der Waals surface area contributed by atoms with Crippen molar-refractivity contribution < 1.29 is 5.11 Å². The Morgan fingerprint density at radius 2 is 2.27 bits per heavy atom. The summed E-state index contributed by atoms with van der Waals surface area (Å²) in [6, 6.07) is 0. The first-order valence-electron chi connectivity index (χ1n) is 2.95. The van der Waals surface area contributed by atoms with Crippen LogP contribution in [0.25, 0.3) is 11.4 Å². The second kappa shape index (κ2) is 2.20. The average molecular weight is 214 g/mol. The fraction of sp³-hybridized carbons (Fsp3) is 0. The van der Waals surface area contributed by atoms with E-state index in [9.17, 15) is 5.11 Å². The molecule has 2 N–H and O–H groups in total. The number of nitrogens with zero attached hydrogens (tertiary/aromatic N) is 2. The van der Waals surface area contributed by atoms with Crippen molar-refractivity contribution in [1.82, 2.24) is 15.0 Å². The molecule has 11 heavy (non-hydrogen) atoms. The number of hydrogen-bond donors (Lipinski definition) is 2. The minimum Gasteiger partial charge on any atom is -0.493 e. The molecular weight excluding hydrogens is 210 g/mol. The first-order valence-corrected chi connectivity index (χ1v) is 3.75. The zero-order chi connectivity index (χ0) is 7.84. The van der Waals surface area contributed by atoms with Gasteiger partial charge in [0.05, 0.1) is 16.4 Å². The summed E-state index contributed by atoms with van der Waals surface area (Å²) in [5.74, 6) is 0.618. The molecule has 0 aromatic carbocycles. The van der Waals surface area contributed by atoms with Crippen molar-refractivity contribution in [2.75, 3.05) is 0 Å². The molecule has 0 fully saturated rings. The minimum absolute atomic E-state index is 0.0110. The number of aromatic amines is 1.